The molecule has 142 valence electrons. The molecule has 1 aliphatic rings. The molecule has 3 aromatic rings. The Labute approximate surface area is 167 Å². The molecule has 1 aliphatic heterocycles. The first-order valence-electron chi connectivity index (χ1n) is 8.97. The standard InChI is InChI=1S/C19H21ClN4O2S/c1-12-17(13(2)26-23-12)11-27-19-22-21-18(14-5-7-15(20)8-6-14)24(19)10-16-4-3-9-25-16/h5-8,16H,3-4,9-11H2,1-2H3/t16-/m1/s1. The zero-order valence-electron chi connectivity index (χ0n) is 15.3. The van der Waals surface area contributed by atoms with E-state index in [1.807, 2.05) is 38.1 Å². The number of halogens is 1. The topological polar surface area (TPSA) is 66.0 Å². The van der Waals surface area contributed by atoms with Crippen LogP contribution in [0.1, 0.15) is 29.9 Å². The minimum absolute atomic E-state index is 0.200. The van der Waals surface area contributed by atoms with Crippen molar-refractivity contribution in [2.45, 2.75) is 50.2 Å². The first-order chi connectivity index (χ1) is 13.1. The molecule has 0 aliphatic carbocycles. The molecule has 1 saturated heterocycles. The highest BCUT2D eigenvalue weighted by atomic mass is 35.5. The first kappa shape index (κ1) is 18.5. The second-order valence-corrected chi connectivity index (χ2v) is 8.03. The van der Waals surface area contributed by atoms with Gasteiger partial charge in [-0.05, 0) is 51.0 Å². The normalized spacial score (nSPS) is 16.9. The van der Waals surface area contributed by atoms with Crippen LogP contribution in [-0.2, 0) is 17.0 Å². The number of hydrogen-bond acceptors (Lipinski definition) is 6. The van der Waals surface area contributed by atoms with E-state index in [0.29, 0.717) is 5.02 Å². The third-order valence-corrected chi connectivity index (χ3v) is 6.00. The molecule has 0 spiro atoms. The molecular weight excluding hydrogens is 384 g/mol. The fraction of sp³-hybridized carbons (Fsp3) is 0.421. The fourth-order valence-corrected chi connectivity index (χ4v) is 4.44. The highest BCUT2D eigenvalue weighted by molar-refractivity contribution is 7.98. The summed E-state index contributed by atoms with van der Waals surface area (Å²) in [6.07, 6.45) is 2.36. The lowest BCUT2D eigenvalue weighted by molar-refractivity contribution is 0.0953. The molecule has 0 saturated carbocycles. The van der Waals surface area contributed by atoms with Gasteiger partial charge in [-0.15, -0.1) is 10.2 Å². The average molecular weight is 405 g/mol. The Morgan fingerprint density at radius 3 is 2.70 bits per heavy atom. The molecule has 0 N–H and O–H groups in total. The Morgan fingerprint density at radius 1 is 1.22 bits per heavy atom. The van der Waals surface area contributed by atoms with Crippen LogP contribution in [0.15, 0.2) is 33.9 Å². The van der Waals surface area contributed by atoms with Crippen molar-refractivity contribution in [3.63, 3.8) is 0 Å². The van der Waals surface area contributed by atoms with Crippen LogP contribution in [0.5, 0.6) is 0 Å². The van der Waals surface area contributed by atoms with E-state index in [1.165, 1.54) is 0 Å². The van der Waals surface area contributed by atoms with Gasteiger partial charge in [-0.2, -0.15) is 0 Å². The van der Waals surface area contributed by atoms with E-state index in [1.54, 1.807) is 11.8 Å². The van der Waals surface area contributed by atoms with Gasteiger partial charge in [0.1, 0.15) is 5.76 Å². The maximum Gasteiger partial charge on any atom is 0.191 e. The van der Waals surface area contributed by atoms with Gasteiger partial charge in [-0.3, -0.25) is 4.57 Å². The van der Waals surface area contributed by atoms with Crippen LogP contribution in [0, 0.1) is 13.8 Å². The van der Waals surface area contributed by atoms with Crippen molar-refractivity contribution in [3.05, 3.63) is 46.3 Å². The van der Waals surface area contributed by atoms with Crippen molar-refractivity contribution in [1.29, 1.82) is 0 Å². The van der Waals surface area contributed by atoms with E-state index in [4.69, 9.17) is 20.9 Å². The Kier molecular flexibility index (Phi) is 5.52. The van der Waals surface area contributed by atoms with Gasteiger partial charge in [0, 0.05) is 28.5 Å². The predicted octanol–water partition coefficient (Wildman–Crippen LogP) is 4.67. The lowest BCUT2D eigenvalue weighted by atomic mass is 10.2. The number of benzene rings is 1. The fourth-order valence-electron chi connectivity index (χ4n) is 3.21. The maximum absolute atomic E-state index is 6.04. The van der Waals surface area contributed by atoms with Crippen LogP contribution in [0.25, 0.3) is 11.4 Å². The Bertz CT molecular complexity index is 897. The molecule has 27 heavy (non-hydrogen) atoms. The van der Waals surface area contributed by atoms with Gasteiger partial charge in [-0.25, -0.2) is 0 Å². The monoisotopic (exact) mass is 404 g/mol. The van der Waals surface area contributed by atoms with Crippen LogP contribution in [0.2, 0.25) is 5.02 Å². The number of thioether (sulfide) groups is 1. The van der Waals surface area contributed by atoms with Crippen LogP contribution < -0.4 is 0 Å². The summed E-state index contributed by atoms with van der Waals surface area (Å²) < 4.78 is 13.3. The molecule has 0 bridgehead atoms. The second-order valence-electron chi connectivity index (χ2n) is 6.65. The van der Waals surface area contributed by atoms with Crippen molar-refractivity contribution in [3.8, 4) is 11.4 Å². The minimum Gasteiger partial charge on any atom is -0.376 e. The summed E-state index contributed by atoms with van der Waals surface area (Å²) in [5.41, 5.74) is 3.02. The molecule has 1 aromatic carbocycles. The van der Waals surface area contributed by atoms with Crippen molar-refractivity contribution in [2.75, 3.05) is 6.61 Å². The Balaban J connectivity index is 1.62. The second kappa shape index (κ2) is 8.04. The summed E-state index contributed by atoms with van der Waals surface area (Å²) in [7, 11) is 0. The first-order valence-corrected chi connectivity index (χ1v) is 10.3. The summed E-state index contributed by atoms with van der Waals surface area (Å²) >= 11 is 7.68. The molecule has 6 nitrogen and oxygen atoms in total. The Hall–Kier alpha value is -1.83. The molecule has 1 atom stereocenters. The van der Waals surface area contributed by atoms with E-state index < -0.39 is 0 Å². The largest absolute Gasteiger partial charge is 0.376 e. The van der Waals surface area contributed by atoms with Crippen molar-refractivity contribution < 1.29 is 9.26 Å². The number of hydrogen-bond donors (Lipinski definition) is 0. The summed E-state index contributed by atoms with van der Waals surface area (Å²) in [4.78, 5) is 0. The number of rotatable bonds is 6. The number of aryl methyl sites for hydroxylation is 2. The number of aromatic nitrogens is 4. The van der Waals surface area contributed by atoms with Crippen molar-refractivity contribution >= 4 is 23.4 Å². The average Bonchev–Trinajstić information content (AvgIpc) is 3.38. The van der Waals surface area contributed by atoms with Gasteiger partial charge >= 0.3 is 0 Å². The lowest BCUT2D eigenvalue weighted by Gasteiger charge is -2.14. The highest BCUT2D eigenvalue weighted by Crippen LogP contribution is 2.30. The van der Waals surface area contributed by atoms with Gasteiger partial charge in [0.2, 0.25) is 0 Å². The van der Waals surface area contributed by atoms with Gasteiger partial charge < -0.3 is 9.26 Å². The third kappa shape index (κ3) is 4.05. The minimum atomic E-state index is 0.200. The maximum atomic E-state index is 6.04. The molecule has 0 radical (unpaired) electrons. The van der Waals surface area contributed by atoms with Gasteiger partial charge in [0.05, 0.1) is 18.3 Å². The van der Waals surface area contributed by atoms with E-state index >= 15 is 0 Å². The van der Waals surface area contributed by atoms with Crippen LogP contribution in [0.3, 0.4) is 0 Å². The molecule has 4 rings (SSSR count). The van der Waals surface area contributed by atoms with E-state index in [9.17, 15) is 0 Å². The van der Waals surface area contributed by atoms with Crippen LogP contribution in [0.4, 0.5) is 0 Å². The zero-order chi connectivity index (χ0) is 18.8. The zero-order valence-corrected chi connectivity index (χ0v) is 16.9. The quantitative estimate of drug-likeness (QED) is 0.556. The smallest absolute Gasteiger partial charge is 0.191 e. The van der Waals surface area contributed by atoms with Crippen LogP contribution >= 0.6 is 23.4 Å². The van der Waals surface area contributed by atoms with E-state index in [-0.39, 0.29) is 6.10 Å². The molecule has 2 aromatic heterocycles. The summed E-state index contributed by atoms with van der Waals surface area (Å²) in [6, 6.07) is 7.69. The number of nitrogens with zero attached hydrogens (tertiary/aromatic N) is 4. The molecule has 1 fully saturated rings. The predicted molar refractivity (Wildman–Crippen MR) is 105 cm³/mol. The van der Waals surface area contributed by atoms with Gasteiger partial charge in [-0.1, -0.05) is 28.5 Å². The summed E-state index contributed by atoms with van der Waals surface area (Å²) in [5.74, 6) is 2.43. The number of ether oxygens (including phenoxy) is 1. The van der Waals surface area contributed by atoms with Crippen LogP contribution in [-0.4, -0.2) is 32.6 Å². The summed E-state index contributed by atoms with van der Waals surface area (Å²) in [6.45, 7) is 5.47. The lowest BCUT2D eigenvalue weighted by Crippen LogP contribution is -2.16. The van der Waals surface area contributed by atoms with E-state index in [0.717, 1.165) is 65.3 Å². The van der Waals surface area contributed by atoms with Gasteiger partial charge in [0.25, 0.3) is 0 Å². The highest BCUT2D eigenvalue weighted by Gasteiger charge is 2.22. The molecule has 3 heterocycles. The van der Waals surface area contributed by atoms with Gasteiger partial charge in [0.15, 0.2) is 11.0 Å². The van der Waals surface area contributed by atoms with E-state index in [2.05, 4.69) is 19.9 Å². The van der Waals surface area contributed by atoms with Crippen molar-refractivity contribution in [1.82, 2.24) is 19.9 Å². The summed E-state index contributed by atoms with van der Waals surface area (Å²) in [5, 5.41) is 14.5. The molecule has 0 amide bonds. The molecule has 0 unspecified atom stereocenters. The third-order valence-electron chi connectivity index (χ3n) is 4.76. The molecular formula is C19H21ClN4O2S. The molecule has 8 heteroatoms. The Morgan fingerprint density at radius 2 is 2.04 bits per heavy atom. The SMILES string of the molecule is Cc1noc(C)c1CSc1nnc(-c2ccc(Cl)cc2)n1C[C@H]1CCCO1. The van der Waals surface area contributed by atoms with Crippen molar-refractivity contribution in [2.24, 2.45) is 0 Å².